The Hall–Kier alpha value is -1.58. The van der Waals surface area contributed by atoms with Crippen LogP contribution in [0.2, 0.25) is 0 Å². The molecule has 1 aliphatic carbocycles. The molecular weight excluding hydrogens is 228 g/mol. The number of aromatic carboxylic acids is 1. The van der Waals surface area contributed by atoms with Crippen LogP contribution in [-0.4, -0.2) is 29.1 Å². The lowest BCUT2D eigenvalue weighted by molar-refractivity contribution is 0.0696. The highest BCUT2D eigenvalue weighted by molar-refractivity contribution is 5.88. The Labute approximate surface area is 108 Å². The van der Waals surface area contributed by atoms with Gasteiger partial charge in [0.25, 0.3) is 0 Å². The second-order valence-electron chi connectivity index (χ2n) is 5.24. The minimum atomic E-state index is -0.899. The van der Waals surface area contributed by atoms with Gasteiger partial charge in [0.05, 0.1) is 5.56 Å². The Balaban J connectivity index is 2.14. The van der Waals surface area contributed by atoms with Gasteiger partial charge in [0.15, 0.2) is 0 Å². The summed E-state index contributed by atoms with van der Waals surface area (Å²) in [4.78, 5) is 17.4. The molecule has 2 rings (SSSR count). The van der Waals surface area contributed by atoms with E-state index in [0.717, 1.165) is 18.2 Å². The number of hydrogen-bond acceptors (Lipinski definition) is 3. The van der Waals surface area contributed by atoms with Crippen LogP contribution >= 0.6 is 0 Å². The lowest BCUT2D eigenvalue weighted by Crippen LogP contribution is -2.36. The molecule has 1 aromatic heterocycles. The van der Waals surface area contributed by atoms with Gasteiger partial charge in [0.1, 0.15) is 5.82 Å². The molecule has 4 heteroatoms. The Morgan fingerprint density at radius 2 is 2.28 bits per heavy atom. The molecule has 0 amide bonds. The van der Waals surface area contributed by atoms with Crippen LogP contribution in [0.5, 0.6) is 0 Å². The highest BCUT2D eigenvalue weighted by Gasteiger charge is 2.23. The number of hydrogen-bond donors (Lipinski definition) is 1. The van der Waals surface area contributed by atoms with E-state index < -0.39 is 5.97 Å². The lowest BCUT2D eigenvalue weighted by atomic mass is 9.86. The van der Waals surface area contributed by atoms with E-state index in [-0.39, 0.29) is 0 Å². The normalized spacial score (nSPS) is 23.7. The fourth-order valence-electron chi connectivity index (χ4n) is 2.69. The first-order valence-corrected chi connectivity index (χ1v) is 6.50. The van der Waals surface area contributed by atoms with Gasteiger partial charge in [-0.1, -0.05) is 19.8 Å². The number of pyridine rings is 1. The molecule has 0 radical (unpaired) electrons. The van der Waals surface area contributed by atoms with Crippen molar-refractivity contribution in [3.63, 3.8) is 0 Å². The van der Waals surface area contributed by atoms with Crippen molar-refractivity contribution in [1.29, 1.82) is 0 Å². The molecule has 18 heavy (non-hydrogen) atoms. The Bertz CT molecular complexity index is 434. The zero-order valence-electron chi connectivity index (χ0n) is 11.0. The predicted molar refractivity (Wildman–Crippen MR) is 71.0 cm³/mol. The van der Waals surface area contributed by atoms with E-state index in [4.69, 9.17) is 5.11 Å². The molecule has 4 nitrogen and oxygen atoms in total. The van der Waals surface area contributed by atoms with Crippen molar-refractivity contribution in [1.82, 2.24) is 4.98 Å². The van der Waals surface area contributed by atoms with Gasteiger partial charge < -0.3 is 10.0 Å². The fraction of sp³-hybridized carbons (Fsp3) is 0.571. The third-order valence-electron chi connectivity index (χ3n) is 3.81. The maximum Gasteiger partial charge on any atom is 0.335 e. The molecule has 0 aliphatic heterocycles. The van der Waals surface area contributed by atoms with Gasteiger partial charge in [-0.05, 0) is 30.9 Å². The second-order valence-corrected chi connectivity index (χ2v) is 5.24. The number of aromatic nitrogens is 1. The van der Waals surface area contributed by atoms with Crippen LogP contribution in [0.3, 0.4) is 0 Å². The Kier molecular flexibility index (Phi) is 3.84. The fourth-order valence-corrected chi connectivity index (χ4v) is 2.69. The first-order chi connectivity index (χ1) is 8.58. The number of nitrogens with zero attached hydrogens (tertiary/aromatic N) is 2. The van der Waals surface area contributed by atoms with Crippen LogP contribution in [0, 0.1) is 5.92 Å². The third kappa shape index (κ3) is 2.81. The summed E-state index contributed by atoms with van der Waals surface area (Å²) in [6.45, 7) is 2.28. The average molecular weight is 248 g/mol. The summed E-state index contributed by atoms with van der Waals surface area (Å²) in [6, 6.07) is 3.66. The molecule has 1 fully saturated rings. The second kappa shape index (κ2) is 5.38. The Morgan fingerprint density at radius 3 is 2.94 bits per heavy atom. The van der Waals surface area contributed by atoms with E-state index in [1.807, 2.05) is 7.05 Å². The van der Waals surface area contributed by atoms with Gasteiger partial charge in [0.2, 0.25) is 0 Å². The molecule has 1 aliphatic rings. The van der Waals surface area contributed by atoms with Crippen LogP contribution in [0.15, 0.2) is 18.3 Å². The maximum absolute atomic E-state index is 11.0. The van der Waals surface area contributed by atoms with Crippen molar-refractivity contribution >= 4 is 11.8 Å². The molecule has 0 saturated heterocycles. The summed E-state index contributed by atoms with van der Waals surface area (Å²) in [5.74, 6) is 0.604. The lowest BCUT2D eigenvalue weighted by Gasteiger charge is -2.34. The van der Waals surface area contributed by atoms with Gasteiger partial charge in [0, 0.05) is 19.3 Å². The van der Waals surface area contributed by atoms with Gasteiger partial charge >= 0.3 is 5.97 Å². The molecule has 2 unspecified atom stereocenters. The van der Waals surface area contributed by atoms with Crippen molar-refractivity contribution < 1.29 is 9.90 Å². The van der Waals surface area contributed by atoms with E-state index in [1.54, 1.807) is 12.3 Å². The SMILES string of the molecule is CC1CCCC(N(C)c2cc(C(=O)O)ccn2)C1. The summed E-state index contributed by atoms with van der Waals surface area (Å²) in [7, 11) is 2.01. The highest BCUT2D eigenvalue weighted by atomic mass is 16.4. The van der Waals surface area contributed by atoms with E-state index in [1.165, 1.54) is 25.3 Å². The summed E-state index contributed by atoms with van der Waals surface area (Å²) in [6.07, 6.45) is 6.44. The van der Waals surface area contributed by atoms with Crippen molar-refractivity contribution in [2.45, 2.75) is 38.6 Å². The van der Waals surface area contributed by atoms with Crippen LogP contribution in [-0.2, 0) is 0 Å². The molecule has 0 aromatic carbocycles. The number of carboxylic acids is 1. The number of carbonyl (C=O) groups is 1. The standard InChI is InChI=1S/C14H20N2O2/c1-10-4-3-5-12(8-10)16(2)13-9-11(14(17)18)6-7-15-13/h6-7,9-10,12H,3-5,8H2,1-2H3,(H,17,18). The molecule has 0 bridgehead atoms. The smallest absolute Gasteiger partial charge is 0.335 e. The highest BCUT2D eigenvalue weighted by Crippen LogP contribution is 2.28. The van der Waals surface area contributed by atoms with E-state index in [9.17, 15) is 4.79 Å². The molecule has 2 atom stereocenters. The topological polar surface area (TPSA) is 53.4 Å². The minimum Gasteiger partial charge on any atom is -0.478 e. The number of rotatable bonds is 3. The van der Waals surface area contributed by atoms with Crippen molar-refractivity contribution in [3.8, 4) is 0 Å². The summed E-state index contributed by atoms with van der Waals surface area (Å²) in [5.41, 5.74) is 0.302. The monoisotopic (exact) mass is 248 g/mol. The first kappa shape index (κ1) is 12.9. The zero-order valence-corrected chi connectivity index (χ0v) is 11.0. The summed E-state index contributed by atoms with van der Waals surface area (Å²) >= 11 is 0. The summed E-state index contributed by atoms with van der Waals surface area (Å²) in [5, 5.41) is 9.00. The average Bonchev–Trinajstić information content (AvgIpc) is 2.38. The van der Waals surface area contributed by atoms with Crippen molar-refractivity contribution in [2.24, 2.45) is 5.92 Å². The quantitative estimate of drug-likeness (QED) is 0.893. The Morgan fingerprint density at radius 1 is 1.50 bits per heavy atom. The maximum atomic E-state index is 11.0. The largest absolute Gasteiger partial charge is 0.478 e. The van der Waals surface area contributed by atoms with Gasteiger partial charge in [-0.2, -0.15) is 0 Å². The molecule has 0 spiro atoms. The molecule has 1 heterocycles. The van der Waals surface area contributed by atoms with E-state index in [2.05, 4.69) is 16.8 Å². The van der Waals surface area contributed by atoms with Crippen molar-refractivity contribution in [2.75, 3.05) is 11.9 Å². The van der Waals surface area contributed by atoms with Gasteiger partial charge in [-0.3, -0.25) is 0 Å². The summed E-state index contributed by atoms with van der Waals surface area (Å²) < 4.78 is 0. The van der Waals surface area contributed by atoms with Crippen LogP contribution in [0.25, 0.3) is 0 Å². The van der Waals surface area contributed by atoms with E-state index >= 15 is 0 Å². The molecule has 1 saturated carbocycles. The number of carboxylic acid groups (broad SMARTS) is 1. The minimum absolute atomic E-state index is 0.302. The van der Waals surface area contributed by atoms with Crippen LogP contribution < -0.4 is 4.90 Å². The molecule has 98 valence electrons. The van der Waals surface area contributed by atoms with E-state index in [0.29, 0.717) is 11.6 Å². The van der Waals surface area contributed by atoms with Crippen LogP contribution in [0.1, 0.15) is 43.0 Å². The third-order valence-corrected chi connectivity index (χ3v) is 3.81. The van der Waals surface area contributed by atoms with Gasteiger partial charge in [-0.15, -0.1) is 0 Å². The predicted octanol–water partition coefficient (Wildman–Crippen LogP) is 2.79. The molecule has 1 aromatic rings. The van der Waals surface area contributed by atoms with Gasteiger partial charge in [-0.25, -0.2) is 9.78 Å². The molecular formula is C14H20N2O2. The zero-order chi connectivity index (χ0) is 13.1. The van der Waals surface area contributed by atoms with Crippen LogP contribution in [0.4, 0.5) is 5.82 Å². The molecule has 1 N–H and O–H groups in total. The van der Waals surface area contributed by atoms with Crippen molar-refractivity contribution in [3.05, 3.63) is 23.9 Å². The number of anilines is 1. The first-order valence-electron chi connectivity index (χ1n) is 6.50.